The van der Waals surface area contributed by atoms with E-state index in [0.29, 0.717) is 6.54 Å². The molecule has 2 aromatic carbocycles. The molecule has 4 aromatic rings. The van der Waals surface area contributed by atoms with Gasteiger partial charge in [0, 0.05) is 24.5 Å². The van der Waals surface area contributed by atoms with E-state index in [9.17, 15) is 0 Å². The van der Waals surface area contributed by atoms with E-state index in [2.05, 4.69) is 47.4 Å². The Balaban J connectivity index is 1.79. The molecule has 4 heteroatoms. The van der Waals surface area contributed by atoms with Crippen molar-refractivity contribution in [2.45, 2.75) is 6.54 Å². The normalized spacial score (nSPS) is 11.0. The summed E-state index contributed by atoms with van der Waals surface area (Å²) in [6.07, 6.45) is 3.63. The summed E-state index contributed by atoms with van der Waals surface area (Å²) in [5, 5.41) is 1.00. The molecule has 2 N–H and O–H groups in total. The molecule has 3 nitrogen and oxygen atoms in total. The Morgan fingerprint density at radius 2 is 1.78 bits per heavy atom. The summed E-state index contributed by atoms with van der Waals surface area (Å²) in [5.74, 6) is 0. The first kappa shape index (κ1) is 14.1. The van der Waals surface area contributed by atoms with Crippen LogP contribution in [0.5, 0.6) is 0 Å². The first-order chi connectivity index (χ1) is 11.3. The molecule has 2 heterocycles. The van der Waals surface area contributed by atoms with Gasteiger partial charge in [0.1, 0.15) is 5.01 Å². The van der Waals surface area contributed by atoms with Gasteiger partial charge in [-0.1, -0.05) is 24.3 Å². The largest absolute Gasteiger partial charge is 0.326 e. The van der Waals surface area contributed by atoms with E-state index in [4.69, 9.17) is 10.7 Å². The molecular weight excluding hydrogens is 302 g/mol. The van der Waals surface area contributed by atoms with Gasteiger partial charge in [-0.3, -0.25) is 4.98 Å². The molecule has 0 aliphatic heterocycles. The van der Waals surface area contributed by atoms with Crippen LogP contribution in [0.25, 0.3) is 31.9 Å². The molecule has 23 heavy (non-hydrogen) atoms. The second-order valence-corrected chi connectivity index (χ2v) is 6.38. The third-order valence-electron chi connectivity index (χ3n) is 3.79. The van der Waals surface area contributed by atoms with E-state index in [1.807, 2.05) is 18.3 Å². The van der Waals surface area contributed by atoms with Gasteiger partial charge >= 0.3 is 0 Å². The van der Waals surface area contributed by atoms with Gasteiger partial charge in [-0.05, 0) is 47.0 Å². The zero-order valence-corrected chi connectivity index (χ0v) is 13.3. The van der Waals surface area contributed by atoms with Crippen molar-refractivity contribution in [3.8, 4) is 21.7 Å². The van der Waals surface area contributed by atoms with Crippen LogP contribution < -0.4 is 5.73 Å². The molecule has 112 valence electrons. The molecule has 0 unspecified atom stereocenters. The van der Waals surface area contributed by atoms with Gasteiger partial charge in [-0.2, -0.15) is 0 Å². The number of nitrogens with two attached hydrogens (primary N) is 1. The number of hydrogen-bond acceptors (Lipinski definition) is 4. The topological polar surface area (TPSA) is 51.8 Å². The van der Waals surface area contributed by atoms with Crippen LogP contribution in [0.3, 0.4) is 0 Å². The highest BCUT2D eigenvalue weighted by molar-refractivity contribution is 7.21. The highest BCUT2D eigenvalue weighted by atomic mass is 32.1. The molecule has 0 radical (unpaired) electrons. The molecular formula is C19H15N3S. The standard InChI is InChI=1S/C19H15N3S/c20-11-13-3-1-4-14(9-13)15-6-7-17-18(10-15)23-19(22-17)16-5-2-8-21-12-16/h1-10,12H,11,20H2. The minimum Gasteiger partial charge on any atom is -0.326 e. The molecule has 0 amide bonds. The lowest BCUT2D eigenvalue weighted by Gasteiger charge is -2.04. The second kappa shape index (κ2) is 5.91. The fourth-order valence-electron chi connectivity index (χ4n) is 2.59. The van der Waals surface area contributed by atoms with Crippen molar-refractivity contribution in [2.24, 2.45) is 5.73 Å². The summed E-state index contributed by atoms with van der Waals surface area (Å²) in [4.78, 5) is 8.88. The number of rotatable bonds is 3. The van der Waals surface area contributed by atoms with Crippen molar-refractivity contribution in [3.05, 3.63) is 72.6 Å². The number of pyridine rings is 1. The maximum Gasteiger partial charge on any atom is 0.126 e. The van der Waals surface area contributed by atoms with Gasteiger partial charge < -0.3 is 5.73 Å². The fourth-order valence-corrected chi connectivity index (χ4v) is 3.59. The van der Waals surface area contributed by atoms with Crippen LogP contribution in [-0.4, -0.2) is 9.97 Å². The lowest BCUT2D eigenvalue weighted by Crippen LogP contribution is -1.95. The molecule has 2 aromatic heterocycles. The summed E-state index contributed by atoms with van der Waals surface area (Å²) < 4.78 is 1.18. The quantitative estimate of drug-likeness (QED) is 0.606. The first-order valence-electron chi connectivity index (χ1n) is 7.44. The third kappa shape index (κ3) is 2.74. The maximum atomic E-state index is 5.74. The Morgan fingerprint density at radius 1 is 0.913 bits per heavy atom. The predicted octanol–water partition coefficient (Wildman–Crippen LogP) is 4.48. The van der Waals surface area contributed by atoms with Crippen molar-refractivity contribution in [1.29, 1.82) is 0 Å². The van der Waals surface area contributed by atoms with Gasteiger partial charge in [-0.15, -0.1) is 11.3 Å². The Kier molecular flexibility index (Phi) is 3.61. The lowest BCUT2D eigenvalue weighted by molar-refractivity contribution is 1.07. The zero-order valence-electron chi connectivity index (χ0n) is 12.4. The SMILES string of the molecule is NCc1cccc(-c2ccc3nc(-c4cccnc4)sc3c2)c1. The molecule has 0 saturated carbocycles. The minimum absolute atomic E-state index is 0.557. The average Bonchev–Trinajstić information content (AvgIpc) is 3.06. The van der Waals surface area contributed by atoms with Gasteiger partial charge in [0.2, 0.25) is 0 Å². The highest BCUT2D eigenvalue weighted by Gasteiger charge is 2.08. The number of fused-ring (bicyclic) bond motifs is 1. The molecule has 0 atom stereocenters. The van der Waals surface area contributed by atoms with Crippen LogP contribution >= 0.6 is 11.3 Å². The second-order valence-electron chi connectivity index (χ2n) is 5.35. The Hall–Kier alpha value is -2.56. The lowest BCUT2D eigenvalue weighted by atomic mass is 10.0. The number of benzene rings is 2. The van der Waals surface area contributed by atoms with Crippen LogP contribution in [0, 0.1) is 0 Å². The molecule has 0 spiro atoms. The minimum atomic E-state index is 0.557. The Bertz CT molecular complexity index is 961. The van der Waals surface area contributed by atoms with Gasteiger partial charge in [0.25, 0.3) is 0 Å². The molecule has 0 aliphatic carbocycles. The predicted molar refractivity (Wildman–Crippen MR) is 96.2 cm³/mol. The Labute approximate surface area is 138 Å². The molecule has 0 aliphatic rings. The molecule has 0 fully saturated rings. The first-order valence-corrected chi connectivity index (χ1v) is 8.25. The van der Waals surface area contributed by atoms with Crippen LogP contribution in [0.1, 0.15) is 5.56 Å². The molecule has 4 rings (SSSR count). The van der Waals surface area contributed by atoms with E-state index in [0.717, 1.165) is 21.7 Å². The van der Waals surface area contributed by atoms with E-state index in [1.165, 1.54) is 15.8 Å². The monoisotopic (exact) mass is 317 g/mol. The van der Waals surface area contributed by atoms with E-state index in [-0.39, 0.29) is 0 Å². The highest BCUT2D eigenvalue weighted by Crippen LogP contribution is 2.32. The summed E-state index contributed by atoms with van der Waals surface area (Å²) in [5.41, 5.74) is 11.3. The summed E-state index contributed by atoms with van der Waals surface area (Å²) in [6.45, 7) is 0.557. The molecule has 0 saturated heterocycles. The van der Waals surface area contributed by atoms with Crippen LogP contribution in [0.4, 0.5) is 0 Å². The average molecular weight is 317 g/mol. The van der Waals surface area contributed by atoms with Crippen molar-refractivity contribution in [3.63, 3.8) is 0 Å². The number of hydrogen-bond donors (Lipinski definition) is 1. The number of nitrogens with zero attached hydrogens (tertiary/aromatic N) is 2. The van der Waals surface area contributed by atoms with Gasteiger partial charge in [0.15, 0.2) is 0 Å². The zero-order chi connectivity index (χ0) is 15.6. The smallest absolute Gasteiger partial charge is 0.126 e. The van der Waals surface area contributed by atoms with Crippen molar-refractivity contribution in [1.82, 2.24) is 9.97 Å². The van der Waals surface area contributed by atoms with Crippen LogP contribution in [0.15, 0.2) is 67.0 Å². The van der Waals surface area contributed by atoms with Crippen LogP contribution in [-0.2, 0) is 6.54 Å². The summed E-state index contributed by atoms with van der Waals surface area (Å²) in [7, 11) is 0. The fraction of sp³-hybridized carbons (Fsp3) is 0.0526. The van der Waals surface area contributed by atoms with E-state index < -0.39 is 0 Å². The number of thiazole rings is 1. The third-order valence-corrected chi connectivity index (χ3v) is 4.86. The summed E-state index contributed by atoms with van der Waals surface area (Å²) in [6, 6.07) is 18.7. The van der Waals surface area contributed by atoms with Crippen molar-refractivity contribution < 1.29 is 0 Å². The van der Waals surface area contributed by atoms with E-state index in [1.54, 1.807) is 17.5 Å². The van der Waals surface area contributed by atoms with Crippen molar-refractivity contribution in [2.75, 3.05) is 0 Å². The summed E-state index contributed by atoms with van der Waals surface area (Å²) >= 11 is 1.69. The molecule has 0 bridgehead atoms. The van der Waals surface area contributed by atoms with E-state index >= 15 is 0 Å². The van der Waals surface area contributed by atoms with Gasteiger partial charge in [0.05, 0.1) is 10.2 Å². The Morgan fingerprint density at radius 3 is 2.61 bits per heavy atom. The maximum absolute atomic E-state index is 5.74. The van der Waals surface area contributed by atoms with Crippen LogP contribution in [0.2, 0.25) is 0 Å². The van der Waals surface area contributed by atoms with Crippen molar-refractivity contribution >= 4 is 21.6 Å². The number of aromatic nitrogens is 2. The van der Waals surface area contributed by atoms with Gasteiger partial charge in [-0.25, -0.2) is 4.98 Å².